The second kappa shape index (κ2) is 6.30. The fourth-order valence-corrected chi connectivity index (χ4v) is 4.31. The first-order valence-corrected chi connectivity index (χ1v) is 8.47. The Morgan fingerprint density at radius 2 is 2.00 bits per heavy atom. The minimum Gasteiger partial charge on any atom is -0.297 e. The molecule has 0 spiro atoms. The van der Waals surface area contributed by atoms with E-state index in [0.717, 1.165) is 12.3 Å². The maximum Gasteiger partial charge on any atom is 0.105 e. The van der Waals surface area contributed by atoms with E-state index in [1.165, 1.54) is 44.3 Å². The molecular weight excluding hydrogens is 240 g/mol. The first-order chi connectivity index (χ1) is 8.61. The quantitative estimate of drug-likeness (QED) is 0.763. The van der Waals surface area contributed by atoms with E-state index < -0.39 is 0 Å². The van der Waals surface area contributed by atoms with E-state index in [9.17, 15) is 5.26 Å². The Balaban J connectivity index is 1.70. The minimum absolute atomic E-state index is 0.316. The molecule has 18 heavy (non-hydrogen) atoms. The van der Waals surface area contributed by atoms with Crippen molar-refractivity contribution in [3.63, 3.8) is 0 Å². The number of hydrogen-bond donors (Lipinski definition) is 1. The topological polar surface area (TPSA) is 35.8 Å². The SMILES string of the molecule is CC(CC(C)(C#N)NC1CC1)SCC1CCCC1. The molecule has 2 fully saturated rings. The molecule has 2 aliphatic carbocycles. The zero-order valence-electron chi connectivity index (χ0n) is 11.7. The van der Waals surface area contributed by atoms with Gasteiger partial charge in [0.15, 0.2) is 0 Å². The summed E-state index contributed by atoms with van der Waals surface area (Å²) in [6, 6.07) is 3.10. The lowest BCUT2D eigenvalue weighted by atomic mass is 9.98. The van der Waals surface area contributed by atoms with Crippen LogP contribution in [0.1, 0.15) is 58.8 Å². The van der Waals surface area contributed by atoms with E-state index in [0.29, 0.717) is 11.3 Å². The second-order valence-corrected chi connectivity index (χ2v) is 7.83. The van der Waals surface area contributed by atoms with Crippen molar-refractivity contribution < 1.29 is 0 Å². The maximum atomic E-state index is 9.37. The zero-order valence-corrected chi connectivity index (χ0v) is 12.6. The Morgan fingerprint density at radius 1 is 1.33 bits per heavy atom. The Morgan fingerprint density at radius 3 is 2.56 bits per heavy atom. The van der Waals surface area contributed by atoms with Crippen molar-refractivity contribution in [1.29, 1.82) is 5.26 Å². The molecule has 0 bridgehead atoms. The summed E-state index contributed by atoms with van der Waals surface area (Å²) in [4.78, 5) is 0. The molecule has 0 aromatic rings. The van der Waals surface area contributed by atoms with Gasteiger partial charge in [-0.25, -0.2) is 0 Å². The maximum absolute atomic E-state index is 9.37. The normalized spacial score (nSPS) is 25.6. The lowest BCUT2D eigenvalue weighted by Gasteiger charge is -2.27. The summed E-state index contributed by atoms with van der Waals surface area (Å²) in [6.07, 6.45) is 9.18. The molecule has 0 aromatic heterocycles. The van der Waals surface area contributed by atoms with Crippen LogP contribution in [-0.4, -0.2) is 22.6 Å². The van der Waals surface area contributed by atoms with Crippen molar-refractivity contribution in [3.8, 4) is 6.07 Å². The zero-order chi connectivity index (χ0) is 13.0. The lowest BCUT2D eigenvalue weighted by molar-refractivity contribution is 0.414. The highest BCUT2D eigenvalue weighted by Gasteiger charge is 2.33. The molecule has 1 N–H and O–H groups in total. The second-order valence-electron chi connectivity index (χ2n) is 6.36. The smallest absolute Gasteiger partial charge is 0.105 e. The van der Waals surface area contributed by atoms with E-state index >= 15 is 0 Å². The number of rotatable bonds is 7. The van der Waals surface area contributed by atoms with Crippen molar-refractivity contribution in [1.82, 2.24) is 5.32 Å². The molecule has 2 unspecified atom stereocenters. The molecule has 0 radical (unpaired) electrons. The van der Waals surface area contributed by atoms with Gasteiger partial charge in [-0.15, -0.1) is 0 Å². The highest BCUT2D eigenvalue weighted by molar-refractivity contribution is 7.99. The fourth-order valence-electron chi connectivity index (χ4n) is 2.93. The molecule has 0 heterocycles. The first kappa shape index (κ1) is 14.2. The van der Waals surface area contributed by atoms with Crippen LogP contribution < -0.4 is 5.32 Å². The van der Waals surface area contributed by atoms with Gasteiger partial charge in [0.2, 0.25) is 0 Å². The summed E-state index contributed by atoms with van der Waals surface area (Å²) >= 11 is 2.07. The van der Waals surface area contributed by atoms with Gasteiger partial charge >= 0.3 is 0 Å². The van der Waals surface area contributed by atoms with Crippen LogP contribution in [0.25, 0.3) is 0 Å². The van der Waals surface area contributed by atoms with Crippen LogP contribution in [0, 0.1) is 17.2 Å². The molecule has 0 aliphatic heterocycles. The molecule has 102 valence electrons. The number of nitrogens with one attached hydrogen (secondary N) is 1. The summed E-state index contributed by atoms with van der Waals surface area (Å²) in [5, 5.41) is 13.5. The van der Waals surface area contributed by atoms with Gasteiger partial charge in [-0.05, 0) is 50.7 Å². The molecule has 2 atom stereocenters. The number of nitrogens with zero attached hydrogens (tertiary/aromatic N) is 1. The van der Waals surface area contributed by atoms with Gasteiger partial charge in [-0.2, -0.15) is 17.0 Å². The number of hydrogen-bond acceptors (Lipinski definition) is 3. The summed E-state index contributed by atoms with van der Waals surface area (Å²) in [5.74, 6) is 2.24. The van der Waals surface area contributed by atoms with E-state index in [4.69, 9.17) is 0 Å². The molecule has 0 aromatic carbocycles. The average Bonchev–Trinajstić information content (AvgIpc) is 2.98. The Labute approximate surface area is 116 Å². The highest BCUT2D eigenvalue weighted by Crippen LogP contribution is 2.32. The van der Waals surface area contributed by atoms with E-state index in [1.54, 1.807) is 0 Å². The Bertz CT molecular complexity index is 302. The van der Waals surface area contributed by atoms with E-state index in [1.807, 2.05) is 0 Å². The fraction of sp³-hybridized carbons (Fsp3) is 0.933. The summed E-state index contributed by atoms with van der Waals surface area (Å²) in [7, 11) is 0. The van der Waals surface area contributed by atoms with Crippen molar-refractivity contribution in [2.24, 2.45) is 5.92 Å². The molecule has 3 heteroatoms. The van der Waals surface area contributed by atoms with Crippen LogP contribution in [0.5, 0.6) is 0 Å². The predicted octanol–water partition coefficient (Wildman–Crippen LogP) is 3.72. The van der Waals surface area contributed by atoms with Crippen LogP contribution in [0.15, 0.2) is 0 Å². The molecule has 0 amide bonds. The van der Waals surface area contributed by atoms with Gasteiger partial charge in [-0.3, -0.25) is 5.32 Å². The van der Waals surface area contributed by atoms with Crippen LogP contribution >= 0.6 is 11.8 Å². The molecule has 2 saturated carbocycles. The molecule has 2 rings (SSSR count). The van der Waals surface area contributed by atoms with Crippen LogP contribution in [0.2, 0.25) is 0 Å². The average molecular weight is 266 g/mol. The third-order valence-corrected chi connectivity index (χ3v) is 5.53. The van der Waals surface area contributed by atoms with Gasteiger partial charge in [0, 0.05) is 11.3 Å². The van der Waals surface area contributed by atoms with Crippen LogP contribution in [0.4, 0.5) is 0 Å². The third-order valence-electron chi connectivity index (χ3n) is 4.13. The Kier molecular flexibility index (Phi) is 4.98. The van der Waals surface area contributed by atoms with Crippen molar-refractivity contribution in [3.05, 3.63) is 0 Å². The van der Waals surface area contributed by atoms with E-state index in [-0.39, 0.29) is 5.54 Å². The Hall–Kier alpha value is -0.200. The largest absolute Gasteiger partial charge is 0.297 e. The standard InChI is InChI=1S/C15H26N2S/c1-12(18-10-13-5-3-4-6-13)9-15(2,11-16)17-14-7-8-14/h12-14,17H,3-10H2,1-2H3. The number of nitriles is 1. The molecule has 2 aliphatic rings. The molecule has 0 saturated heterocycles. The number of thioether (sulfide) groups is 1. The lowest BCUT2D eigenvalue weighted by Crippen LogP contribution is -2.44. The third kappa shape index (κ3) is 4.48. The van der Waals surface area contributed by atoms with Gasteiger partial charge in [-0.1, -0.05) is 19.8 Å². The van der Waals surface area contributed by atoms with Gasteiger partial charge in [0.1, 0.15) is 5.54 Å². The summed E-state index contributed by atoms with van der Waals surface area (Å²) in [6.45, 7) is 4.35. The van der Waals surface area contributed by atoms with Gasteiger partial charge in [0.25, 0.3) is 0 Å². The molecule has 2 nitrogen and oxygen atoms in total. The van der Waals surface area contributed by atoms with E-state index in [2.05, 4.69) is 37.0 Å². The summed E-state index contributed by atoms with van der Waals surface area (Å²) in [5.41, 5.74) is -0.316. The van der Waals surface area contributed by atoms with Crippen LogP contribution in [-0.2, 0) is 0 Å². The summed E-state index contributed by atoms with van der Waals surface area (Å²) < 4.78 is 0. The minimum atomic E-state index is -0.316. The predicted molar refractivity (Wildman–Crippen MR) is 78.7 cm³/mol. The van der Waals surface area contributed by atoms with Crippen molar-refractivity contribution >= 4 is 11.8 Å². The van der Waals surface area contributed by atoms with Gasteiger partial charge < -0.3 is 0 Å². The molecular formula is C15H26N2S. The first-order valence-electron chi connectivity index (χ1n) is 7.42. The highest BCUT2D eigenvalue weighted by atomic mass is 32.2. The van der Waals surface area contributed by atoms with Gasteiger partial charge in [0.05, 0.1) is 6.07 Å². The van der Waals surface area contributed by atoms with Crippen LogP contribution in [0.3, 0.4) is 0 Å². The van der Waals surface area contributed by atoms with Crippen molar-refractivity contribution in [2.75, 3.05) is 5.75 Å². The monoisotopic (exact) mass is 266 g/mol. The van der Waals surface area contributed by atoms with Crippen molar-refractivity contribution in [2.45, 2.75) is 75.6 Å².